The zero-order chi connectivity index (χ0) is 15.6. The molecule has 0 bridgehead atoms. The molecule has 21 heavy (non-hydrogen) atoms. The molecular weight excluding hydrogens is 290 g/mol. The molecule has 6 nitrogen and oxygen atoms in total. The molecule has 0 spiro atoms. The van der Waals surface area contributed by atoms with Gasteiger partial charge in [-0.3, -0.25) is 0 Å². The number of aromatic nitrogens is 2. The Hall–Kier alpha value is -1.73. The lowest BCUT2D eigenvalue weighted by atomic mass is 10.2. The Morgan fingerprint density at radius 1 is 1.29 bits per heavy atom. The summed E-state index contributed by atoms with van der Waals surface area (Å²) >= 11 is 0. The number of rotatable bonds is 5. The Morgan fingerprint density at radius 3 is 2.57 bits per heavy atom. The summed E-state index contributed by atoms with van der Waals surface area (Å²) in [4.78, 5) is 4.43. The monoisotopic (exact) mass is 309 g/mol. The second-order valence-electron chi connectivity index (χ2n) is 4.99. The third-order valence-corrected chi connectivity index (χ3v) is 5.17. The van der Waals surface area contributed by atoms with Gasteiger partial charge in [-0.25, -0.2) is 8.42 Å². The van der Waals surface area contributed by atoms with Crippen LogP contribution in [-0.2, 0) is 23.0 Å². The number of hydrogen-bond acceptors (Lipinski definition) is 5. The van der Waals surface area contributed by atoms with Crippen molar-refractivity contribution in [2.24, 2.45) is 0 Å². The van der Waals surface area contributed by atoms with E-state index in [1.54, 1.807) is 19.1 Å². The standard InChI is InChI=1S/C14H19N3O3S/c1-5-13-15-14(20-16-13)9-17(4)21(18,19)12-7-6-10(2)8-11(12)3/h6-8H,5,9H2,1-4H3. The van der Waals surface area contributed by atoms with E-state index in [0.717, 1.165) is 11.1 Å². The highest BCUT2D eigenvalue weighted by Crippen LogP contribution is 2.21. The fraction of sp³-hybridized carbons (Fsp3) is 0.429. The second-order valence-corrected chi connectivity index (χ2v) is 7.00. The zero-order valence-electron chi connectivity index (χ0n) is 12.6. The van der Waals surface area contributed by atoms with Crippen LogP contribution in [0, 0.1) is 13.8 Å². The van der Waals surface area contributed by atoms with Crippen molar-refractivity contribution in [3.63, 3.8) is 0 Å². The van der Waals surface area contributed by atoms with Crippen LogP contribution in [0.4, 0.5) is 0 Å². The largest absolute Gasteiger partial charge is 0.338 e. The number of aryl methyl sites for hydroxylation is 3. The highest BCUT2D eigenvalue weighted by molar-refractivity contribution is 7.89. The third-order valence-electron chi connectivity index (χ3n) is 3.20. The minimum absolute atomic E-state index is 0.0582. The molecule has 0 unspecified atom stereocenters. The van der Waals surface area contributed by atoms with E-state index in [9.17, 15) is 8.42 Å². The topological polar surface area (TPSA) is 76.3 Å². The van der Waals surface area contributed by atoms with Gasteiger partial charge in [0, 0.05) is 13.5 Å². The van der Waals surface area contributed by atoms with E-state index in [4.69, 9.17) is 4.52 Å². The van der Waals surface area contributed by atoms with Crippen LogP contribution in [-0.4, -0.2) is 29.9 Å². The van der Waals surface area contributed by atoms with Crippen LogP contribution >= 0.6 is 0 Å². The maximum absolute atomic E-state index is 12.6. The van der Waals surface area contributed by atoms with Gasteiger partial charge in [0.15, 0.2) is 5.82 Å². The average Bonchev–Trinajstić information content (AvgIpc) is 2.85. The van der Waals surface area contributed by atoms with Crippen LogP contribution < -0.4 is 0 Å². The molecule has 1 heterocycles. The zero-order valence-corrected chi connectivity index (χ0v) is 13.4. The normalized spacial score (nSPS) is 12.0. The molecule has 0 N–H and O–H groups in total. The van der Waals surface area contributed by atoms with Crippen LogP contribution in [0.3, 0.4) is 0 Å². The average molecular weight is 309 g/mol. The molecule has 1 aromatic carbocycles. The minimum atomic E-state index is -3.58. The van der Waals surface area contributed by atoms with Crippen molar-refractivity contribution in [3.8, 4) is 0 Å². The van der Waals surface area contributed by atoms with Gasteiger partial charge in [0.2, 0.25) is 15.9 Å². The van der Waals surface area contributed by atoms with E-state index in [2.05, 4.69) is 10.1 Å². The summed E-state index contributed by atoms with van der Waals surface area (Å²) in [5, 5.41) is 3.76. The first-order chi connectivity index (χ1) is 9.84. The lowest BCUT2D eigenvalue weighted by Gasteiger charge is -2.17. The van der Waals surface area contributed by atoms with E-state index in [1.165, 1.54) is 11.4 Å². The van der Waals surface area contributed by atoms with Gasteiger partial charge in [-0.2, -0.15) is 9.29 Å². The summed E-state index contributed by atoms with van der Waals surface area (Å²) in [5.74, 6) is 0.866. The van der Waals surface area contributed by atoms with Crippen LogP contribution in [0.1, 0.15) is 29.8 Å². The number of benzene rings is 1. The Morgan fingerprint density at radius 2 is 2.00 bits per heavy atom. The SMILES string of the molecule is CCc1noc(CN(C)S(=O)(=O)c2ccc(C)cc2C)n1. The Labute approximate surface area is 124 Å². The molecule has 0 atom stereocenters. The summed E-state index contributed by atoms with van der Waals surface area (Å²) in [6, 6.07) is 5.26. The van der Waals surface area contributed by atoms with Crippen LogP contribution in [0.15, 0.2) is 27.6 Å². The van der Waals surface area contributed by atoms with Gasteiger partial charge in [0.25, 0.3) is 0 Å². The van der Waals surface area contributed by atoms with E-state index in [1.807, 2.05) is 19.9 Å². The molecule has 7 heteroatoms. The Kier molecular flexibility index (Phi) is 4.43. The maximum Gasteiger partial charge on any atom is 0.243 e. The molecule has 0 radical (unpaired) electrons. The molecule has 0 amide bonds. The Bertz CT molecular complexity index is 738. The van der Waals surface area contributed by atoms with E-state index >= 15 is 0 Å². The molecule has 1 aromatic heterocycles. The van der Waals surface area contributed by atoms with Crippen molar-refractivity contribution in [1.82, 2.24) is 14.4 Å². The van der Waals surface area contributed by atoms with Gasteiger partial charge in [-0.15, -0.1) is 0 Å². The summed E-state index contributed by atoms with van der Waals surface area (Å²) < 4.78 is 31.4. The van der Waals surface area contributed by atoms with Crippen molar-refractivity contribution >= 4 is 10.0 Å². The quantitative estimate of drug-likeness (QED) is 0.845. The van der Waals surface area contributed by atoms with Gasteiger partial charge in [-0.1, -0.05) is 29.8 Å². The van der Waals surface area contributed by atoms with Crippen LogP contribution in [0.2, 0.25) is 0 Å². The first-order valence-electron chi connectivity index (χ1n) is 6.69. The third kappa shape index (κ3) is 3.30. The molecular formula is C14H19N3O3S. The lowest BCUT2D eigenvalue weighted by Crippen LogP contribution is -2.27. The highest BCUT2D eigenvalue weighted by Gasteiger charge is 2.24. The van der Waals surface area contributed by atoms with Crippen LogP contribution in [0.25, 0.3) is 0 Å². The number of sulfonamides is 1. The smallest absolute Gasteiger partial charge is 0.243 e. The molecule has 0 saturated heterocycles. The van der Waals surface area contributed by atoms with Gasteiger partial charge >= 0.3 is 0 Å². The molecule has 0 aliphatic carbocycles. The molecule has 0 saturated carbocycles. The van der Waals surface area contributed by atoms with Crippen molar-refractivity contribution in [1.29, 1.82) is 0 Å². The second kappa shape index (κ2) is 5.95. The predicted molar refractivity (Wildman–Crippen MR) is 78.2 cm³/mol. The van der Waals surface area contributed by atoms with Crippen molar-refractivity contribution in [3.05, 3.63) is 41.0 Å². The molecule has 0 aliphatic heterocycles. The fourth-order valence-corrected chi connectivity index (χ4v) is 3.35. The van der Waals surface area contributed by atoms with Crippen molar-refractivity contribution in [2.45, 2.75) is 38.6 Å². The highest BCUT2D eigenvalue weighted by atomic mass is 32.2. The summed E-state index contributed by atoms with van der Waals surface area (Å²) in [6.45, 7) is 5.68. The van der Waals surface area contributed by atoms with Gasteiger partial charge in [0.1, 0.15) is 0 Å². The van der Waals surface area contributed by atoms with E-state index in [-0.39, 0.29) is 6.54 Å². The molecule has 2 aromatic rings. The van der Waals surface area contributed by atoms with Gasteiger partial charge < -0.3 is 4.52 Å². The van der Waals surface area contributed by atoms with Crippen molar-refractivity contribution < 1.29 is 12.9 Å². The molecule has 0 fully saturated rings. The first kappa shape index (κ1) is 15.7. The van der Waals surface area contributed by atoms with Crippen molar-refractivity contribution in [2.75, 3.05) is 7.05 Å². The summed E-state index contributed by atoms with van der Waals surface area (Å²) in [5.41, 5.74) is 1.75. The molecule has 114 valence electrons. The first-order valence-corrected chi connectivity index (χ1v) is 8.13. The van der Waals surface area contributed by atoms with Gasteiger partial charge in [-0.05, 0) is 25.5 Å². The molecule has 0 aliphatic rings. The predicted octanol–water partition coefficient (Wildman–Crippen LogP) is 2.07. The van der Waals surface area contributed by atoms with E-state index in [0.29, 0.717) is 23.0 Å². The van der Waals surface area contributed by atoms with Gasteiger partial charge in [0.05, 0.1) is 11.4 Å². The summed E-state index contributed by atoms with van der Waals surface area (Å²) in [6.07, 6.45) is 0.650. The van der Waals surface area contributed by atoms with Crippen LogP contribution in [0.5, 0.6) is 0 Å². The minimum Gasteiger partial charge on any atom is -0.338 e. The maximum atomic E-state index is 12.6. The number of nitrogens with zero attached hydrogens (tertiary/aromatic N) is 3. The summed E-state index contributed by atoms with van der Waals surface area (Å²) in [7, 11) is -2.07. The fourth-order valence-electron chi connectivity index (χ4n) is 2.03. The number of hydrogen-bond donors (Lipinski definition) is 0. The van der Waals surface area contributed by atoms with E-state index < -0.39 is 10.0 Å². The molecule has 2 rings (SSSR count). The lowest BCUT2D eigenvalue weighted by molar-refractivity contribution is 0.334. The Balaban J connectivity index is 2.25.